The van der Waals surface area contributed by atoms with E-state index in [0.29, 0.717) is 5.56 Å². The Morgan fingerprint density at radius 1 is 1.47 bits per heavy atom. The molecule has 0 bridgehead atoms. The molecular formula is C14H11N3O2. The highest BCUT2D eigenvalue weighted by atomic mass is 16.5. The van der Waals surface area contributed by atoms with E-state index in [9.17, 15) is 4.79 Å². The Morgan fingerprint density at radius 3 is 2.79 bits per heavy atom. The molecule has 19 heavy (non-hydrogen) atoms. The van der Waals surface area contributed by atoms with Gasteiger partial charge in [-0.05, 0) is 25.1 Å². The van der Waals surface area contributed by atoms with E-state index in [0.717, 1.165) is 0 Å². The van der Waals surface area contributed by atoms with E-state index in [1.165, 1.54) is 12.1 Å². The molecule has 2 atom stereocenters. The van der Waals surface area contributed by atoms with E-state index in [4.69, 9.17) is 21.7 Å². The molecule has 1 N–H and O–H groups in total. The maximum Gasteiger partial charge on any atom is 0.254 e. The summed E-state index contributed by atoms with van der Waals surface area (Å²) in [6, 6.07) is 9.83. The van der Waals surface area contributed by atoms with Crippen molar-refractivity contribution < 1.29 is 9.53 Å². The zero-order chi connectivity index (χ0) is 14.3. The average Bonchev–Trinajstić information content (AvgIpc) is 2.46. The lowest BCUT2D eigenvalue weighted by atomic mass is 10.1. The summed E-state index contributed by atoms with van der Waals surface area (Å²) in [5, 5.41) is 20.0. The number of terminal acetylenes is 1. The maximum absolute atomic E-state index is 11.8. The lowest BCUT2D eigenvalue weighted by Gasteiger charge is -2.14. The van der Waals surface area contributed by atoms with E-state index in [2.05, 4.69) is 11.2 Å². The van der Waals surface area contributed by atoms with Crippen LogP contribution in [0.15, 0.2) is 24.3 Å². The lowest BCUT2D eigenvalue weighted by Crippen LogP contribution is -2.37. The van der Waals surface area contributed by atoms with Gasteiger partial charge in [0.05, 0.1) is 11.6 Å². The molecule has 0 radical (unpaired) electrons. The molecule has 1 amide bonds. The quantitative estimate of drug-likeness (QED) is 0.644. The van der Waals surface area contributed by atoms with Gasteiger partial charge in [-0.1, -0.05) is 12.0 Å². The molecule has 1 aromatic carbocycles. The van der Waals surface area contributed by atoms with Gasteiger partial charge in [0, 0.05) is 5.56 Å². The van der Waals surface area contributed by atoms with Crippen molar-refractivity contribution >= 4 is 5.91 Å². The van der Waals surface area contributed by atoms with Crippen LogP contribution >= 0.6 is 0 Å². The van der Waals surface area contributed by atoms with Gasteiger partial charge in [0.15, 0.2) is 0 Å². The molecule has 0 saturated carbocycles. The zero-order valence-corrected chi connectivity index (χ0v) is 10.3. The molecule has 0 heterocycles. The van der Waals surface area contributed by atoms with Crippen molar-refractivity contribution in [2.24, 2.45) is 0 Å². The fourth-order valence-electron chi connectivity index (χ4n) is 1.27. The first-order chi connectivity index (χ1) is 9.10. The summed E-state index contributed by atoms with van der Waals surface area (Å²) in [4.78, 5) is 11.8. The van der Waals surface area contributed by atoms with Gasteiger partial charge in [-0.3, -0.25) is 4.79 Å². The fraction of sp³-hybridized carbons (Fsp3) is 0.214. The topological polar surface area (TPSA) is 85.9 Å². The fourth-order valence-corrected chi connectivity index (χ4v) is 1.27. The van der Waals surface area contributed by atoms with Gasteiger partial charge in [-0.15, -0.1) is 6.42 Å². The summed E-state index contributed by atoms with van der Waals surface area (Å²) in [5.41, 5.74) is 0.635. The van der Waals surface area contributed by atoms with Crippen LogP contribution < -0.4 is 5.32 Å². The first-order valence-electron chi connectivity index (χ1n) is 5.43. The Morgan fingerprint density at radius 2 is 2.21 bits per heavy atom. The summed E-state index contributed by atoms with van der Waals surface area (Å²) >= 11 is 0. The van der Waals surface area contributed by atoms with Gasteiger partial charge in [0.25, 0.3) is 5.91 Å². The number of nitrogens with zero attached hydrogens (tertiary/aromatic N) is 2. The summed E-state index contributed by atoms with van der Waals surface area (Å²) in [7, 11) is 0. The molecule has 0 fully saturated rings. The molecule has 0 saturated heterocycles. The van der Waals surface area contributed by atoms with Crippen LogP contribution in [-0.4, -0.2) is 18.2 Å². The predicted molar refractivity (Wildman–Crippen MR) is 67.4 cm³/mol. The van der Waals surface area contributed by atoms with Crippen molar-refractivity contribution in [2.45, 2.75) is 19.3 Å². The second-order valence-electron chi connectivity index (χ2n) is 3.62. The molecule has 0 aliphatic heterocycles. The molecule has 5 heteroatoms. The largest absolute Gasteiger partial charge is 0.329 e. The van der Waals surface area contributed by atoms with Crippen LogP contribution in [0, 0.1) is 35.0 Å². The normalized spacial score (nSPS) is 12.3. The Balaban J connectivity index is 2.76. The van der Waals surface area contributed by atoms with Crippen molar-refractivity contribution in [1.29, 1.82) is 10.5 Å². The molecule has 0 aliphatic rings. The van der Waals surface area contributed by atoms with Gasteiger partial charge < -0.3 is 10.1 Å². The Bertz CT molecular complexity index is 590. The van der Waals surface area contributed by atoms with Crippen molar-refractivity contribution in [1.82, 2.24) is 5.32 Å². The summed E-state index contributed by atoms with van der Waals surface area (Å²) < 4.78 is 5.10. The number of carbonyl (C=O) groups is 1. The molecular weight excluding hydrogens is 242 g/mol. The first kappa shape index (κ1) is 14.3. The molecule has 0 aromatic heterocycles. The van der Waals surface area contributed by atoms with Gasteiger partial charge in [-0.25, -0.2) is 0 Å². The molecule has 1 rings (SSSR count). The molecule has 0 spiro atoms. The van der Waals surface area contributed by atoms with Crippen molar-refractivity contribution in [3.05, 3.63) is 35.4 Å². The summed E-state index contributed by atoms with van der Waals surface area (Å²) in [6.07, 6.45) is 3.40. The minimum atomic E-state index is -1.13. The summed E-state index contributed by atoms with van der Waals surface area (Å²) in [5.74, 6) is 1.79. The predicted octanol–water partition coefficient (Wildman–Crippen LogP) is 1.18. The maximum atomic E-state index is 11.8. The number of ether oxygens (including phenoxy) is 1. The Kier molecular flexibility index (Phi) is 5.11. The minimum absolute atomic E-state index is 0.274. The lowest BCUT2D eigenvalue weighted by molar-refractivity contribution is 0.0376. The molecule has 1 aromatic rings. The van der Waals surface area contributed by atoms with Crippen LogP contribution in [0.4, 0.5) is 0 Å². The monoisotopic (exact) mass is 253 g/mol. The Hall–Kier alpha value is -2.81. The highest BCUT2D eigenvalue weighted by Crippen LogP contribution is 2.05. The second-order valence-corrected chi connectivity index (χ2v) is 3.62. The number of rotatable bonds is 4. The second kappa shape index (κ2) is 6.81. The summed E-state index contributed by atoms with van der Waals surface area (Å²) in [6.45, 7) is 1.59. The van der Waals surface area contributed by atoms with Gasteiger partial charge >= 0.3 is 0 Å². The number of hydrogen-bond acceptors (Lipinski definition) is 4. The van der Waals surface area contributed by atoms with E-state index >= 15 is 0 Å². The molecule has 94 valence electrons. The third kappa shape index (κ3) is 4.16. The Labute approximate surface area is 111 Å². The number of hydrogen-bond donors (Lipinski definition) is 1. The first-order valence-corrected chi connectivity index (χ1v) is 5.43. The number of benzene rings is 1. The van der Waals surface area contributed by atoms with Gasteiger partial charge in [0.1, 0.15) is 12.2 Å². The van der Waals surface area contributed by atoms with Crippen molar-refractivity contribution in [3.8, 4) is 24.5 Å². The van der Waals surface area contributed by atoms with E-state index in [1.54, 1.807) is 25.1 Å². The number of carbonyl (C=O) groups excluding carboxylic acids is 1. The van der Waals surface area contributed by atoms with E-state index in [1.807, 2.05) is 6.07 Å². The smallest absolute Gasteiger partial charge is 0.254 e. The van der Waals surface area contributed by atoms with Gasteiger partial charge in [0.2, 0.25) is 6.23 Å². The van der Waals surface area contributed by atoms with Crippen LogP contribution in [0.3, 0.4) is 0 Å². The SMILES string of the molecule is C#CC(C)OC(C#N)NC(=O)c1cccc(C#N)c1. The van der Waals surface area contributed by atoms with Crippen LogP contribution in [0.1, 0.15) is 22.8 Å². The van der Waals surface area contributed by atoms with E-state index in [-0.39, 0.29) is 5.56 Å². The number of amides is 1. The standard InChI is InChI=1S/C14H11N3O2/c1-3-10(2)19-13(9-16)17-14(18)12-6-4-5-11(7-12)8-15/h1,4-7,10,13H,2H3,(H,17,18). The van der Waals surface area contributed by atoms with Crippen LogP contribution in [0.25, 0.3) is 0 Å². The van der Waals surface area contributed by atoms with E-state index < -0.39 is 18.2 Å². The minimum Gasteiger partial charge on any atom is -0.329 e. The van der Waals surface area contributed by atoms with Crippen LogP contribution in [-0.2, 0) is 4.74 Å². The molecule has 5 nitrogen and oxygen atoms in total. The number of nitrogens with one attached hydrogen (secondary N) is 1. The highest BCUT2D eigenvalue weighted by Gasteiger charge is 2.15. The van der Waals surface area contributed by atoms with Crippen molar-refractivity contribution in [2.75, 3.05) is 0 Å². The van der Waals surface area contributed by atoms with Gasteiger partial charge in [-0.2, -0.15) is 10.5 Å². The van der Waals surface area contributed by atoms with Crippen molar-refractivity contribution in [3.63, 3.8) is 0 Å². The highest BCUT2D eigenvalue weighted by molar-refractivity contribution is 5.94. The number of nitriles is 2. The molecule has 2 unspecified atom stereocenters. The third-order valence-corrected chi connectivity index (χ3v) is 2.21. The van der Waals surface area contributed by atoms with Crippen LogP contribution in [0.5, 0.6) is 0 Å². The third-order valence-electron chi connectivity index (χ3n) is 2.21. The van der Waals surface area contributed by atoms with Crippen LogP contribution in [0.2, 0.25) is 0 Å². The molecule has 0 aliphatic carbocycles. The zero-order valence-electron chi connectivity index (χ0n) is 10.3. The average molecular weight is 253 g/mol.